The average Bonchev–Trinajstić information content (AvgIpc) is 2.93. The molecule has 3 rings (SSSR count). The highest BCUT2D eigenvalue weighted by molar-refractivity contribution is 9.10. The average molecular weight is 386 g/mol. The molecule has 1 heterocycles. The first-order valence-electron chi connectivity index (χ1n) is 7.54. The molecule has 0 atom stereocenters. The molecule has 5 heteroatoms. The van der Waals surface area contributed by atoms with Crippen molar-refractivity contribution >= 4 is 33.9 Å². The largest absolute Gasteiger partial charge is 0.497 e. The fourth-order valence-corrected chi connectivity index (χ4v) is 2.81. The minimum atomic E-state index is -0.407. The molecule has 0 saturated heterocycles. The van der Waals surface area contributed by atoms with E-state index in [1.807, 2.05) is 48.5 Å². The molecule has 24 heavy (non-hydrogen) atoms. The van der Waals surface area contributed by atoms with Gasteiger partial charge in [-0.05, 0) is 47.9 Å². The van der Waals surface area contributed by atoms with E-state index >= 15 is 0 Å². The van der Waals surface area contributed by atoms with Crippen LogP contribution in [0.25, 0.3) is 6.08 Å². The van der Waals surface area contributed by atoms with Gasteiger partial charge in [0.15, 0.2) is 11.6 Å². The Morgan fingerprint density at radius 1 is 1.17 bits per heavy atom. The monoisotopic (exact) mass is 385 g/mol. The molecule has 2 aromatic carbocycles. The summed E-state index contributed by atoms with van der Waals surface area (Å²) in [6.07, 6.45) is 3.02. The van der Waals surface area contributed by atoms with Crippen molar-refractivity contribution in [2.45, 2.75) is 12.8 Å². The number of ether oxygens (including phenoxy) is 2. The molecule has 122 valence electrons. The zero-order valence-corrected chi connectivity index (χ0v) is 14.7. The molecule has 0 N–H and O–H groups in total. The Hall–Kier alpha value is -2.40. The first-order chi connectivity index (χ1) is 11.6. The van der Waals surface area contributed by atoms with Crippen molar-refractivity contribution < 1.29 is 14.3 Å². The van der Waals surface area contributed by atoms with Crippen LogP contribution in [0.3, 0.4) is 0 Å². The summed E-state index contributed by atoms with van der Waals surface area (Å²) in [5.41, 5.74) is 2.33. The van der Waals surface area contributed by atoms with Crippen LogP contribution in [0.15, 0.2) is 63.7 Å². The van der Waals surface area contributed by atoms with Gasteiger partial charge in [-0.2, -0.15) is 0 Å². The highest BCUT2D eigenvalue weighted by Crippen LogP contribution is 2.20. The maximum atomic E-state index is 11.9. The normalized spacial score (nSPS) is 15.3. The van der Waals surface area contributed by atoms with Crippen molar-refractivity contribution in [2.24, 2.45) is 4.99 Å². The molecule has 1 aliphatic rings. The van der Waals surface area contributed by atoms with Gasteiger partial charge in [-0.1, -0.05) is 40.2 Å². The van der Waals surface area contributed by atoms with E-state index in [1.54, 1.807) is 13.2 Å². The van der Waals surface area contributed by atoms with Crippen LogP contribution in [-0.2, 0) is 16.0 Å². The van der Waals surface area contributed by atoms with Crippen molar-refractivity contribution in [2.75, 3.05) is 7.11 Å². The summed E-state index contributed by atoms with van der Waals surface area (Å²) in [6, 6.07) is 15.5. The number of cyclic esters (lactones) is 1. The summed E-state index contributed by atoms with van der Waals surface area (Å²) >= 11 is 3.41. The zero-order valence-electron chi connectivity index (χ0n) is 13.2. The lowest BCUT2D eigenvalue weighted by molar-refractivity contribution is -0.130. The lowest BCUT2D eigenvalue weighted by Crippen LogP contribution is -2.05. The molecule has 0 spiro atoms. The summed E-state index contributed by atoms with van der Waals surface area (Å²) in [7, 11) is 1.64. The van der Waals surface area contributed by atoms with Gasteiger partial charge in [-0.3, -0.25) is 0 Å². The second-order valence-electron chi connectivity index (χ2n) is 5.33. The van der Waals surface area contributed by atoms with Crippen LogP contribution in [0.5, 0.6) is 5.75 Å². The Kier molecular flexibility index (Phi) is 5.11. The lowest BCUT2D eigenvalue weighted by atomic mass is 10.1. The SMILES string of the molecule is COc1cccc(CCC2=N/C(=C/c3cccc(Br)c3)C(=O)O2)c1. The molecule has 4 nitrogen and oxygen atoms in total. The Labute approximate surface area is 148 Å². The molecular formula is C19H16BrNO3. The van der Waals surface area contributed by atoms with E-state index in [2.05, 4.69) is 20.9 Å². The van der Waals surface area contributed by atoms with Crippen LogP contribution in [-0.4, -0.2) is 19.0 Å². The number of benzene rings is 2. The van der Waals surface area contributed by atoms with Crippen LogP contribution in [0.2, 0.25) is 0 Å². The second-order valence-corrected chi connectivity index (χ2v) is 6.25. The first-order valence-corrected chi connectivity index (χ1v) is 8.33. The third-order valence-electron chi connectivity index (χ3n) is 3.58. The van der Waals surface area contributed by atoms with Gasteiger partial charge in [-0.25, -0.2) is 9.79 Å². The number of carbonyl (C=O) groups excluding carboxylic acids is 1. The lowest BCUT2D eigenvalue weighted by Gasteiger charge is -2.03. The predicted molar refractivity (Wildman–Crippen MR) is 97.0 cm³/mol. The number of aryl methyl sites for hydroxylation is 1. The molecule has 0 aliphatic carbocycles. The number of halogens is 1. The van der Waals surface area contributed by atoms with Gasteiger partial charge in [0.25, 0.3) is 0 Å². The Bertz CT molecular complexity index is 827. The molecule has 0 aromatic heterocycles. The second kappa shape index (κ2) is 7.45. The molecule has 0 amide bonds. The highest BCUT2D eigenvalue weighted by atomic mass is 79.9. The Morgan fingerprint density at radius 3 is 2.79 bits per heavy atom. The summed E-state index contributed by atoms with van der Waals surface area (Å²) in [5, 5.41) is 0. The highest BCUT2D eigenvalue weighted by Gasteiger charge is 2.22. The van der Waals surface area contributed by atoms with Crippen molar-refractivity contribution in [3.8, 4) is 5.75 Å². The van der Waals surface area contributed by atoms with Crippen LogP contribution < -0.4 is 4.74 Å². The molecule has 0 bridgehead atoms. The van der Waals surface area contributed by atoms with E-state index in [-0.39, 0.29) is 0 Å². The topological polar surface area (TPSA) is 47.9 Å². The van der Waals surface area contributed by atoms with E-state index < -0.39 is 5.97 Å². The maximum absolute atomic E-state index is 11.9. The first kappa shape index (κ1) is 16.5. The van der Waals surface area contributed by atoms with E-state index in [4.69, 9.17) is 9.47 Å². The van der Waals surface area contributed by atoms with Crippen molar-refractivity contribution in [3.63, 3.8) is 0 Å². The molecule has 0 radical (unpaired) electrons. The van der Waals surface area contributed by atoms with Gasteiger partial charge in [-0.15, -0.1) is 0 Å². The molecule has 1 aliphatic heterocycles. The third kappa shape index (κ3) is 4.11. The number of rotatable bonds is 5. The fraction of sp³-hybridized carbons (Fsp3) is 0.158. The minimum Gasteiger partial charge on any atom is -0.497 e. The third-order valence-corrected chi connectivity index (χ3v) is 4.07. The summed E-state index contributed by atoms with van der Waals surface area (Å²) in [4.78, 5) is 16.3. The molecule has 2 aromatic rings. The summed E-state index contributed by atoms with van der Waals surface area (Å²) in [6.45, 7) is 0. The summed E-state index contributed by atoms with van der Waals surface area (Å²) in [5.74, 6) is 0.854. The quantitative estimate of drug-likeness (QED) is 0.566. The van der Waals surface area contributed by atoms with Gasteiger partial charge in [0.2, 0.25) is 0 Å². The minimum absolute atomic E-state index is 0.328. The number of carbonyl (C=O) groups is 1. The van der Waals surface area contributed by atoms with Gasteiger partial charge in [0.05, 0.1) is 7.11 Å². The number of methoxy groups -OCH3 is 1. The van der Waals surface area contributed by atoms with Crippen LogP contribution in [0.4, 0.5) is 0 Å². The Balaban J connectivity index is 1.70. The smallest absolute Gasteiger partial charge is 0.363 e. The van der Waals surface area contributed by atoms with E-state index in [9.17, 15) is 4.79 Å². The molecule has 0 fully saturated rings. The number of aliphatic imine (C=N–C) groups is 1. The number of hydrogen-bond acceptors (Lipinski definition) is 4. The van der Waals surface area contributed by atoms with Crippen LogP contribution in [0, 0.1) is 0 Å². The summed E-state index contributed by atoms with van der Waals surface area (Å²) < 4.78 is 11.4. The van der Waals surface area contributed by atoms with Gasteiger partial charge >= 0.3 is 5.97 Å². The molecular weight excluding hydrogens is 370 g/mol. The van der Waals surface area contributed by atoms with E-state index in [0.29, 0.717) is 18.0 Å². The maximum Gasteiger partial charge on any atom is 0.363 e. The predicted octanol–water partition coefficient (Wildman–Crippen LogP) is 4.39. The van der Waals surface area contributed by atoms with Gasteiger partial charge in [0, 0.05) is 10.9 Å². The number of esters is 1. The Morgan fingerprint density at radius 2 is 2.00 bits per heavy atom. The molecule has 0 unspecified atom stereocenters. The van der Waals surface area contributed by atoms with E-state index in [0.717, 1.165) is 27.8 Å². The standard InChI is InChI=1S/C19H16BrNO3/c1-23-16-7-3-4-13(11-16)8-9-18-21-17(19(22)24-18)12-14-5-2-6-15(20)10-14/h2-7,10-12H,8-9H2,1H3/b17-12+. The van der Waals surface area contributed by atoms with Crippen LogP contribution >= 0.6 is 15.9 Å². The van der Waals surface area contributed by atoms with Gasteiger partial charge in [0.1, 0.15) is 5.75 Å². The molecule has 0 saturated carbocycles. The van der Waals surface area contributed by atoms with Crippen molar-refractivity contribution in [1.82, 2.24) is 0 Å². The van der Waals surface area contributed by atoms with Crippen molar-refractivity contribution in [1.29, 1.82) is 0 Å². The van der Waals surface area contributed by atoms with Gasteiger partial charge < -0.3 is 9.47 Å². The van der Waals surface area contributed by atoms with E-state index in [1.165, 1.54) is 0 Å². The van der Waals surface area contributed by atoms with Crippen molar-refractivity contribution in [3.05, 3.63) is 69.8 Å². The fourth-order valence-electron chi connectivity index (χ4n) is 2.39. The number of hydrogen-bond donors (Lipinski definition) is 0. The number of nitrogens with zero attached hydrogens (tertiary/aromatic N) is 1. The van der Waals surface area contributed by atoms with Crippen LogP contribution in [0.1, 0.15) is 17.5 Å². The zero-order chi connectivity index (χ0) is 16.9.